The van der Waals surface area contributed by atoms with Gasteiger partial charge in [0.1, 0.15) is 5.82 Å². The number of fused-ring (bicyclic) bond motifs is 1. The predicted octanol–water partition coefficient (Wildman–Crippen LogP) is 3.59. The molecule has 0 atom stereocenters. The molecule has 2 aromatic carbocycles. The van der Waals surface area contributed by atoms with Gasteiger partial charge in [-0.3, -0.25) is 0 Å². The minimum absolute atomic E-state index is 0.735. The zero-order chi connectivity index (χ0) is 14.5. The van der Waals surface area contributed by atoms with E-state index in [4.69, 9.17) is 11.6 Å². The monoisotopic (exact) mass is 299 g/mol. The van der Waals surface area contributed by atoms with Gasteiger partial charge in [-0.05, 0) is 36.7 Å². The Bertz CT molecular complexity index is 706. The molecule has 0 bridgehead atoms. The summed E-state index contributed by atoms with van der Waals surface area (Å²) in [5, 5.41) is 4.19. The topological polar surface area (TPSA) is 40.7 Å². The van der Waals surface area contributed by atoms with E-state index in [0.29, 0.717) is 0 Å². The number of nitrogens with zero attached hydrogens (tertiary/aromatic N) is 1. The average molecular weight is 300 g/mol. The summed E-state index contributed by atoms with van der Waals surface area (Å²) in [5.41, 5.74) is 3.34. The van der Waals surface area contributed by atoms with Crippen molar-refractivity contribution in [1.82, 2.24) is 15.3 Å². The van der Waals surface area contributed by atoms with Gasteiger partial charge in [-0.15, -0.1) is 0 Å². The maximum Gasteiger partial charge on any atom is 0.108 e. The van der Waals surface area contributed by atoms with Crippen molar-refractivity contribution < 1.29 is 0 Å². The fourth-order valence-corrected chi connectivity index (χ4v) is 2.53. The zero-order valence-electron chi connectivity index (χ0n) is 11.8. The number of nitrogens with one attached hydrogen (secondary N) is 2. The van der Waals surface area contributed by atoms with E-state index in [-0.39, 0.29) is 0 Å². The summed E-state index contributed by atoms with van der Waals surface area (Å²) >= 11 is 5.97. The van der Waals surface area contributed by atoms with Crippen molar-refractivity contribution in [2.45, 2.75) is 12.8 Å². The Morgan fingerprint density at radius 1 is 1.00 bits per heavy atom. The van der Waals surface area contributed by atoms with Gasteiger partial charge in [0.05, 0.1) is 11.0 Å². The van der Waals surface area contributed by atoms with Gasteiger partial charge in [0.2, 0.25) is 0 Å². The van der Waals surface area contributed by atoms with Crippen LogP contribution in [0.5, 0.6) is 0 Å². The van der Waals surface area contributed by atoms with Crippen LogP contribution in [-0.2, 0) is 12.8 Å². The van der Waals surface area contributed by atoms with Gasteiger partial charge in [-0.25, -0.2) is 4.98 Å². The first kappa shape index (κ1) is 14.1. The summed E-state index contributed by atoms with van der Waals surface area (Å²) in [4.78, 5) is 7.86. The van der Waals surface area contributed by atoms with E-state index in [0.717, 1.165) is 47.8 Å². The minimum Gasteiger partial charge on any atom is -0.342 e. The Hall–Kier alpha value is -1.84. The molecule has 0 aliphatic heterocycles. The van der Waals surface area contributed by atoms with Crippen LogP contribution in [0.25, 0.3) is 11.0 Å². The third-order valence-electron chi connectivity index (χ3n) is 3.46. The lowest BCUT2D eigenvalue weighted by Crippen LogP contribution is -2.20. The number of H-pyrrole nitrogens is 1. The van der Waals surface area contributed by atoms with Gasteiger partial charge >= 0.3 is 0 Å². The molecule has 0 unspecified atom stereocenters. The van der Waals surface area contributed by atoms with Gasteiger partial charge in [0.15, 0.2) is 0 Å². The number of halogens is 1. The van der Waals surface area contributed by atoms with E-state index in [2.05, 4.69) is 39.6 Å². The number of hydrogen-bond donors (Lipinski definition) is 2. The molecule has 0 saturated heterocycles. The third-order valence-corrected chi connectivity index (χ3v) is 3.70. The van der Waals surface area contributed by atoms with Crippen LogP contribution in [0.2, 0.25) is 5.02 Å². The molecule has 0 spiro atoms. The number of imidazole rings is 1. The van der Waals surface area contributed by atoms with E-state index < -0.39 is 0 Å². The molecule has 3 aromatic rings. The van der Waals surface area contributed by atoms with E-state index in [9.17, 15) is 0 Å². The summed E-state index contributed by atoms with van der Waals surface area (Å²) < 4.78 is 0. The molecule has 0 radical (unpaired) electrons. The van der Waals surface area contributed by atoms with Gasteiger partial charge in [-0.2, -0.15) is 0 Å². The van der Waals surface area contributed by atoms with Crippen LogP contribution >= 0.6 is 11.6 Å². The van der Waals surface area contributed by atoms with Crippen LogP contribution in [0, 0.1) is 0 Å². The summed E-state index contributed by atoms with van der Waals surface area (Å²) in [6.45, 7) is 1.90. The van der Waals surface area contributed by atoms with Crippen molar-refractivity contribution in [3.63, 3.8) is 0 Å². The van der Waals surface area contributed by atoms with Crippen molar-refractivity contribution in [1.29, 1.82) is 0 Å². The van der Waals surface area contributed by atoms with Crippen LogP contribution in [0.1, 0.15) is 11.4 Å². The molecule has 1 heterocycles. The normalized spacial score (nSPS) is 11.1. The molecular formula is C17H18ClN3. The largest absolute Gasteiger partial charge is 0.342 e. The standard InChI is InChI=1S/C17H18ClN3/c18-14-6-7-15-16(12-14)21-17(20-15)9-11-19-10-8-13-4-2-1-3-5-13/h1-7,12,19H,8-11H2,(H,20,21). The lowest BCUT2D eigenvalue weighted by molar-refractivity contribution is 0.671. The van der Waals surface area contributed by atoms with E-state index in [1.807, 2.05) is 24.3 Å². The number of hydrogen-bond acceptors (Lipinski definition) is 2. The fraction of sp³-hybridized carbons (Fsp3) is 0.235. The molecular weight excluding hydrogens is 282 g/mol. The third kappa shape index (κ3) is 3.84. The molecule has 0 aliphatic carbocycles. The quantitative estimate of drug-likeness (QED) is 0.683. The first-order valence-electron chi connectivity index (χ1n) is 7.20. The van der Waals surface area contributed by atoms with Crippen LogP contribution < -0.4 is 5.32 Å². The molecule has 0 saturated carbocycles. The number of rotatable bonds is 6. The van der Waals surface area contributed by atoms with Crippen LogP contribution in [0.15, 0.2) is 48.5 Å². The highest BCUT2D eigenvalue weighted by Gasteiger charge is 2.02. The maximum atomic E-state index is 5.97. The van der Waals surface area contributed by atoms with Crippen molar-refractivity contribution in [3.8, 4) is 0 Å². The van der Waals surface area contributed by atoms with Crippen molar-refractivity contribution in [2.24, 2.45) is 0 Å². The molecule has 0 aliphatic rings. The molecule has 4 heteroatoms. The number of aromatic amines is 1. The van der Waals surface area contributed by atoms with Crippen LogP contribution in [-0.4, -0.2) is 23.1 Å². The van der Waals surface area contributed by atoms with E-state index >= 15 is 0 Å². The molecule has 2 N–H and O–H groups in total. The number of benzene rings is 2. The lowest BCUT2D eigenvalue weighted by Gasteiger charge is -2.03. The Balaban J connectivity index is 1.46. The van der Waals surface area contributed by atoms with Crippen molar-refractivity contribution >= 4 is 22.6 Å². The highest BCUT2D eigenvalue weighted by Crippen LogP contribution is 2.17. The smallest absolute Gasteiger partial charge is 0.108 e. The second-order valence-corrected chi connectivity index (χ2v) is 5.52. The Morgan fingerprint density at radius 2 is 1.81 bits per heavy atom. The summed E-state index contributed by atoms with van der Waals surface area (Å²) in [7, 11) is 0. The molecule has 3 nitrogen and oxygen atoms in total. The maximum absolute atomic E-state index is 5.97. The van der Waals surface area contributed by atoms with E-state index in [1.54, 1.807) is 0 Å². The van der Waals surface area contributed by atoms with Crippen molar-refractivity contribution in [3.05, 3.63) is 64.9 Å². The van der Waals surface area contributed by atoms with Gasteiger partial charge < -0.3 is 10.3 Å². The molecule has 0 fully saturated rings. The molecule has 3 rings (SSSR count). The Kier molecular flexibility index (Phi) is 4.53. The Labute approximate surface area is 129 Å². The lowest BCUT2D eigenvalue weighted by atomic mass is 10.1. The zero-order valence-corrected chi connectivity index (χ0v) is 12.5. The fourth-order valence-electron chi connectivity index (χ4n) is 2.36. The second kappa shape index (κ2) is 6.74. The molecule has 108 valence electrons. The van der Waals surface area contributed by atoms with E-state index in [1.165, 1.54) is 5.56 Å². The van der Waals surface area contributed by atoms with Gasteiger partial charge in [0.25, 0.3) is 0 Å². The van der Waals surface area contributed by atoms with Crippen molar-refractivity contribution in [2.75, 3.05) is 13.1 Å². The first-order valence-corrected chi connectivity index (χ1v) is 7.58. The summed E-state index contributed by atoms with van der Waals surface area (Å²) in [5.74, 6) is 1.000. The highest BCUT2D eigenvalue weighted by atomic mass is 35.5. The van der Waals surface area contributed by atoms with Gasteiger partial charge in [0, 0.05) is 18.0 Å². The first-order chi connectivity index (χ1) is 10.3. The molecule has 1 aromatic heterocycles. The summed E-state index contributed by atoms with van der Waals surface area (Å²) in [6, 6.07) is 16.2. The SMILES string of the molecule is Clc1ccc2nc(CCNCCc3ccccc3)[nH]c2c1. The molecule has 0 amide bonds. The van der Waals surface area contributed by atoms with Gasteiger partial charge in [-0.1, -0.05) is 41.9 Å². The minimum atomic E-state index is 0.735. The second-order valence-electron chi connectivity index (χ2n) is 5.08. The summed E-state index contributed by atoms with van der Waals surface area (Å²) in [6.07, 6.45) is 1.94. The average Bonchev–Trinajstić information content (AvgIpc) is 2.90. The number of aromatic nitrogens is 2. The van der Waals surface area contributed by atoms with Crippen LogP contribution in [0.3, 0.4) is 0 Å². The highest BCUT2D eigenvalue weighted by molar-refractivity contribution is 6.31. The molecule has 21 heavy (non-hydrogen) atoms. The predicted molar refractivity (Wildman–Crippen MR) is 87.8 cm³/mol. The van der Waals surface area contributed by atoms with Crippen LogP contribution in [0.4, 0.5) is 0 Å². The Morgan fingerprint density at radius 3 is 2.67 bits per heavy atom.